The predicted octanol–water partition coefficient (Wildman–Crippen LogP) is 2.95. The minimum atomic E-state index is -0.617. The Morgan fingerprint density at radius 3 is 2.70 bits per heavy atom. The molecule has 0 aliphatic carbocycles. The second-order valence-electron chi connectivity index (χ2n) is 8.72. The van der Waals surface area contributed by atoms with E-state index in [4.69, 9.17) is 9.47 Å². The molecule has 172 valence electrons. The lowest BCUT2D eigenvalue weighted by atomic mass is 10.0. The normalized spacial score (nSPS) is 21.9. The predicted molar refractivity (Wildman–Crippen MR) is 124 cm³/mol. The highest BCUT2D eigenvalue weighted by atomic mass is 32.2. The Morgan fingerprint density at radius 1 is 1.12 bits per heavy atom. The molecule has 8 nitrogen and oxygen atoms in total. The first kappa shape index (κ1) is 21.6. The number of thioether (sulfide) groups is 1. The van der Waals surface area contributed by atoms with Crippen LogP contribution in [0.25, 0.3) is 0 Å². The zero-order valence-corrected chi connectivity index (χ0v) is 19.2. The first-order valence-corrected chi connectivity index (χ1v) is 11.8. The van der Waals surface area contributed by atoms with Gasteiger partial charge in [0.15, 0.2) is 11.5 Å². The van der Waals surface area contributed by atoms with Crippen molar-refractivity contribution in [3.63, 3.8) is 0 Å². The highest BCUT2D eigenvalue weighted by molar-refractivity contribution is 8.01. The average Bonchev–Trinajstić information content (AvgIpc) is 3.22. The number of carbonyl (C=O) groups excluding carboxylic acids is 3. The second kappa shape index (κ2) is 8.30. The summed E-state index contributed by atoms with van der Waals surface area (Å²) < 4.78 is 10.6. The zero-order chi connectivity index (χ0) is 23.2. The van der Waals surface area contributed by atoms with Crippen molar-refractivity contribution < 1.29 is 23.9 Å². The Bertz CT molecular complexity index is 1130. The van der Waals surface area contributed by atoms with Gasteiger partial charge in [0.25, 0.3) is 5.91 Å². The minimum absolute atomic E-state index is 0.109. The molecule has 5 rings (SSSR count). The molecule has 9 heteroatoms. The molecular weight excluding hydrogens is 442 g/mol. The Kier molecular flexibility index (Phi) is 5.44. The molecule has 2 aromatic carbocycles. The third kappa shape index (κ3) is 3.90. The van der Waals surface area contributed by atoms with Gasteiger partial charge in [-0.2, -0.15) is 0 Å². The molecule has 0 radical (unpaired) electrons. The number of hydrogen-bond acceptors (Lipinski definition) is 6. The fraction of sp³-hybridized carbons (Fsp3) is 0.375. The molecule has 1 fully saturated rings. The number of hydrogen-bond donors (Lipinski definition) is 2. The third-order valence-corrected chi connectivity index (χ3v) is 7.56. The summed E-state index contributed by atoms with van der Waals surface area (Å²) >= 11 is 1.62. The van der Waals surface area contributed by atoms with Crippen LogP contribution in [0.2, 0.25) is 0 Å². The summed E-state index contributed by atoms with van der Waals surface area (Å²) in [6.45, 7) is 5.10. The van der Waals surface area contributed by atoms with Crippen molar-refractivity contribution >= 4 is 35.2 Å². The quantitative estimate of drug-likeness (QED) is 0.702. The standard InChI is InChI=1S/C24H25N3O5S/c1-24(2)20(27-22(30)15-5-3-4-6-16(15)23(27)33-24)21(29)25-10-9-19(28)26-14-7-8-17-18(13-14)32-12-11-31-17/h3-8,13,20,23H,9-12H2,1-2H3,(H,25,29)(H,26,28)/t20-,23-/m0/s1. The molecule has 3 amide bonds. The smallest absolute Gasteiger partial charge is 0.256 e. The maximum absolute atomic E-state index is 13.1. The van der Waals surface area contributed by atoms with Crippen LogP contribution in [0.15, 0.2) is 42.5 Å². The fourth-order valence-electron chi connectivity index (χ4n) is 4.55. The highest BCUT2D eigenvalue weighted by Gasteiger charge is 2.57. The van der Waals surface area contributed by atoms with E-state index in [1.165, 1.54) is 0 Å². The van der Waals surface area contributed by atoms with E-state index >= 15 is 0 Å². The number of nitrogens with one attached hydrogen (secondary N) is 2. The van der Waals surface area contributed by atoms with Gasteiger partial charge in [0.1, 0.15) is 24.6 Å². The van der Waals surface area contributed by atoms with Gasteiger partial charge in [-0.15, -0.1) is 11.8 Å². The number of benzene rings is 2. The first-order valence-electron chi connectivity index (χ1n) is 10.9. The summed E-state index contributed by atoms with van der Waals surface area (Å²) in [5, 5.41) is 5.50. The Balaban J connectivity index is 1.19. The van der Waals surface area contributed by atoms with E-state index < -0.39 is 10.8 Å². The van der Waals surface area contributed by atoms with Gasteiger partial charge in [0.2, 0.25) is 11.8 Å². The van der Waals surface area contributed by atoms with Crippen LogP contribution in [0.4, 0.5) is 5.69 Å². The van der Waals surface area contributed by atoms with E-state index in [0.717, 1.165) is 5.56 Å². The van der Waals surface area contributed by atoms with Crippen molar-refractivity contribution in [1.82, 2.24) is 10.2 Å². The van der Waals surface area contributed by atoms with Crippen LogP contribution >= 0.6 is 11.8 Å². The highest BCUT2D eigenvalue weighted by Crippen LogP contribution is 2.56. The molecule has 0 saturated carbocycles. The number of fused-ring (bicyclic) bond motifs is 4. The number of rotatable bonds is 5. The number of ether oxygens (including phenoxy) is 2. The van der Waals surface area contributed by atoms with E-state index in [0.29, 0.717) is 36.0 Å². The largest absolute Gasteiger partial charge is 0.486 e. The topological polar surface area (TPSA) is 97.0 Å². The number of nitrogens with zero attached hydrogens (tertiary/aromatic N) is 1. The van der Waals surface area contributed by atoms with Crippen LogP contribution < -0.4 is 20.1 Å². The van der Waals surface area contributed by atoms with Crippen molar-refractivity contribution in [1.29, 1.82) is 0 Å². The Morgan fingerprint density at radius 2 is 1.88 bits per heavy atom. The summed E-state index contributed by atoms with van der Waals surface area (Å²) in [6.07, 6.45) is 0.109. The summed E-state index contributed by atoms with van der Waals surface area (Å²) in [7, 11) is 0. The van der Waals surface area contributed by atoms with Crippen LogP contribution in [-0.4, -0.2) is 53.2 Å². The van der Waals surface area contributed by atoms with E-state index in [1.807, 2.05) is 32.0 Å². The second-order valence-corrected chi connectivity index (χ2v) is 10.5. The Hall–Kier alpha value is -3.20. The van der Waals surface area contributed by atoms with Gasteiger partial charge in [-0.25, -0.2) is 0 Å². The van der Waals surface area contributed by atoms with E-state index in [2.05, 4.69) is 10.6 Å². The first-order chi connectivity index (χ1) is 15.8. The van der Waals surface area contributed by atoms with Crippen molar-refractivity contribution in [3.05, 3.63) is 53.6 Å². The number of carbonyl (C=O) groups is 3. The van der Waals surface area contributed by atoms with E-state index in [1.54, 1.807) is 40.9 Å². The van der Waals surface area contributed by atoms with Crippen LogP contribution in [0.5, 0.6) is 11.5 Å². The van der Waals surface area contributed by atoms with E-state index in [9.17, 15) is 14.4 Å². The molecule has 2 N–H and O–H groups in total. The molecule has 1 saturated heterocycles. The maximum Gasteiger partial charge on any atom is 0.256 e. The lowest BCUT2D eigenvalue weighted by Crippen LogP contribution is -2.52. The van der Waals surface area contributed by atoms with Gasteiger partial charge in [-0.1, -0.05) is 18.2 Å². The fourth-order valence-corrected chi connectivity index (χ4v) is 6.13. The molecule has 0 unspecified atom stereocenters. The van der Waals surface area contributed by atoms with Gasteiger partial charge < -0.3 is 25.0 Å². The number of amides is 3. The molecule has 33 heavy (non-hydrogen) atoms. The lowest BCUT2D eigenvalue weighted by Gasteiger charge is -2.29. The van der Waals surface area contributed by atoms with Gasteiger partial charge >= 0.3 is 0 Å². The SMILES string of the molecule is CC1(C)S[C@H]2c3ccccc3C(=O)N2[C@H]1C(=O)NCCC(=O)Nc1ccc2c(c1)OCCO2. The molecule has 0 aromatic heterocycles. The average molecular weight is 468 g/mol. The van der Waals surface area contributed by atoms with Crippen LogP contribution in [-0.2, 0) is 9.59 Å². The van der Waals surface area contributed by atoms with Crippen molar-refractivity contribution in [2.24, 2.45) is 0 Å². The third-order valence-electron chi connectivity index (χ3n) is 6.02. The van der Waals surface area contributed by atoms with Crippen LogP contribution in [0, 0.1) is 0 Å². The molecular formula is C24H25N3O5S. The lowest BCUT2D eigenvalue weighted by molar-refractivity contribution is -0.126. The van der Waals surface area contributed by atoms with Crippen LogP contribution in [0.3, 0.4) is 0 Å². The summed E-state index contributed by atoms with van der Waals surface area (Å²) in [5.74, 6) is 0.655. The van der Waals surface area contributed by atoms with Gasteiger partial charge in [0, 0.05) is 35.0 Å². The van der Waals surface area contributed by atoms with Crippen molar-refractivity contribution in [2.75, 3.05) is 25.1 Å². The van der Waals surface area contributed by atoms with Crippen molar-refractivity contribution in [3.8, 4) is 11.5 Å². The number of anilines is 1. The van der Waals surface area contributed by atoms with Gasteiger partial charge in [-0.05, 0) is 37.6 Å². The Labute approximate surface area is 196 Å². The molecule has 0 bridgehead atoms. The van der Waals surface area contributed by atoms with Crippen LogP contribution in [0.1, 0.15) is 41.6 Å². The monoisotopic (exact) mass is 467 g/mol. The summed E-state index contributed by atoms with van der Waals surface area (Å²) in [6, 6.07) is 12.1. The molecule has 3 heterocycles. The zero-order valence-electron chi connectivity index (χ0n) is 18.4. The van der Waals surface area contributed by atoms with E-state index in [-0.39, 0.29) is 36.1 Å². The maximum atomic E-state index is 13.1. The molecule has 2 aromatic rings. The summed E-state index contributed by atoms with van der Waals surface area (Å²) in [5.41, 5.74) is 2.21. The molecule has 3 aliphatic rings. The minimum Gasteiger partial charge on any atom is -0.486 e. The molecule has 0 spiro atoms. The summed E-state index contributed by atoms with van der Waals surface area (Å²) in [4.78, 5) is 40.2. The van der Waals surface area contributed by atoms with Gasteiger partial charge in [-0.3, -0.25) is 14.4 Å². The molecule has 3 aliphatic heterocycles. The van der Waals surface area contributed by atoms with Gasteiger partial charge in [0.05, 0.1) is 0 Å². The van der Waals surface area contributed by atoms with Crippen molar-refractivity contribution in [2.45, 2.75) is 36.4 Å². The molecule has 2 atom stereocenters.